The molecule has 6 heteroatoms. The molecular weight excluding hydrogens is 353 g/mol. The molecule has 1 aliphatic heterocycles. The third-order valence-electron chi connectivity index (χ3n) is 4.84. The summed E-state index contributed by atoms with van der Waals surface area (Å²) in [6.45, 7) is 2.61. The zero-order chi connectivity index (χ0) is 18.3. The minimum atomic E-state index is -0.900. The van der Waals surface area contributed by atoms with E-state index in [2.05, 4.69) is 24.0 Å². The van der Waals surface area contributed by atoms with Crippen molar-refractivity contribution < 1.29 is 9.18 Å². The van der Waals surface area contributed by atoms with Gasteiger partial charge in [0.2, 0.25) is 5.91 Å². The number of carbonyl (C=O) groups is 1. The van der Waals surface area contributed by atoms with E-state index in [0.717, 1.165) is 23.1 Å². The highest BCUT2D eigenvalue weighted by Crippen LogP contribution is 2.29. The van der Waals surface area contributed by atoms with Gasteiger partial charge in [-0.2, -0.15) is 0 Å². The van der Waals surface area contributed by atoms with Crippen molar-refractivity contribution in [2.45, 2.75) is 26.1 Å². The second-order valence-electron chi connectivity index (χ2n) is 6.65. The van der Waals surface area contributed by atoms with Crippen LogP contribution in [0.5, 0.6) is 0 Å². The molecule has 0 radical (unpaired) electrons. The number of hydrogen-bond donors (Lipinski definition) is 0. The number of amides is 1. The van der Waals surface area contributed by atoms with Crippen LogP contribution < -0.4 is 0 Å². The van der Waals surface area contributed by atoms with Crippen LogP contribution in [-0.4, -0.2) is 39.6 Å². The molecule has 1 aliphatic rings. The van der Waals surface area contributed by atoms with E-state index in [1.165, 1.54) is 10.5 Å². The molecule has 0 N–H and O–H groups in total. The van der Waals surface area contributed by atoms with E-state index in [4.69, 9.17) is 11.6 Å². The molecule has 3 aromatic rings. The largest absolute Gasteiger partial charge is 0.335 e. The lowest BCUT2D eigenvalue weighted by molar-refractivity contribution is -0.138. The van der Waals surface area contributed by atoms with Gasteiger partial charge in [-0.05, 0) is 23.6 Å². The minimum Gasteiger partial charge on any atom is -0.335 e. The fraction of sp³-hybridized carbons (Fsp3) is 0.300. The summed E-state index contributed by atoms with van der Waals surface area (Å²) >= 11 is 6.29. The van der Waals surface area contributed by atoms with E-state index in [9.17, 15) is 9.18 Å². The maximum absolute atomic E-state index is 13.0. The summed E-state index contributed by atoms with van der Waals surface area (Å²) in [6.07, 6.45) is 3.59. The van der Waals surface area contributed by atoms with Gasteiger partial charge in [0.15, 0.2) is 0 Å². The van der Waals surface area contributed by atoms with Gasteiger partial charge in [-0.15, -0.1) is 0 Å². The lowest BCUT2D eigenvalue weighted by Gasteiger charge is -2.34. The van der Waals surface area contributed by atoms with Crippen molar-refractivity contribution in [3.8, 4) is 11.1 Å². The molecule has 1 aromatic carbocycles. The maximum Gasteiger partial charge on any atom is 0.242 e. The molecule has 0 atom stereocenters. The number of nitrogens with zero attached hydrogens (tertiary/aromatic N) is 3. The molecule has 1 fully saturated rings. The Morgan fingerprint density at radius 2 is 2.12 bits per heavy atom. The maximum atomic E-state index is 13.0. The first-order valence-electron chi connectivity index (χ1n) is 8.70. The summed E-state index contributed by atoms with van der Waals surface area (Å²) in [5.41, 5.74) is 4.78. The number of aryl methyl sites for hydroxylation is 1. The SMILES string of the molecule is CCc1cccc(-c2cnc3c(Cl)cn(CC(=O)N4CC(F)C4)c3c2)c1. The average molecular weight is 372 g/mol. The van der Waals surface area contributed by atoms with Crippen LogP contribution in [0.15, 0.2) is 42.7 Å². The first-order valence-corrected chi connectivity index (χ1v) is 9.08. The van der Waals surface area contributed by atoms with Gasteiger partial charge >= 0.3 is 0 Å². The standard InChI is InChI=1S/C20H19ClFN3O/c1-2-13-4-3-5-14(6-13)15-7-18-20(23-8-15)17(21)11-24(18)12-19(26)25-9-16(22)10-25/h3-8,11,16H,2,9-10,12H2,1H3. The summed E-state index contributed by atoms with van der Waals surface area (Å²) in [4.78, 5) is 18.3. The Morgan fingerprint density at radius 3 is 2.85 bits per heavy atom. The van der Waals surface area contributed by atoms with Crippen LogP contribution in [0.1, 0.15) is 12.5 Å². The topological polar surface area (TPSA) is 38.1 Å². The van der Waals surface area contributed by atoms with Crippen molar-refractivity contribution in [2.24, 2.45) is 0 Å². The fourth-order valence-electron chi connectivity index (χ4n) is 3.26. The van der Waals surface area contributed by atoms with Crippen LogP contribution >= 0.6 is 11.6 Å². The van der Waals surface area contributed by atoms with E-state index >= 15 is 0 Å². The van der Waals surface area contributed by atoms with Crippen LogP contribution in [0.3, 0.4) is 0 Å². The van der Waals surface area contributed by atoms with Crippen molar-refractivity contribution in [2.75, 3.05) is 13.1 Å². The van der Waals surface area contributed by atoms with Gasteiger partial charge in [-0.1, -0.05) is 42.8 Å². The quantitative estimate of drug-likeness (QED) is 0.692. The number of likely N-dealkylation sites (tertiary alicyclic amines) is 1. The molecule has 0 bridgehead atoms. The van der Waals surface area contributed by atoms with E-state index in [1.807, 2.05) is 18.2 Å². The number of halogens is 2. The molecule has 1 saturated heterocycles. The van der Waals surface area contributed by atoms with E-state index in [0.29, 0.717) is 10.5 Å². The first kappa shape index (κ1) is 17.0. The van der Waals surface area contributed by atoms with E-state index < -0.39 is 6.17 Å². The van der Waals surface area contributed by atoms with Crippen molar-refractivity contribution in [1.82, 2.24) is 14.5 Å². The number of hydrogen-bond acceptors (Lipinski definition) is 2. The van der Waals surface area contributed by atoms with Gasteiger partial charge in [0.1, 0.15) is 18.2 Å². The van der Waals surface area contributed by atoms with E-state index in [1.54, 1.807) is 17.0 Å². The highest BCUT2D eigenvalue weighted by molar-refractivity contribution is 6.35. The second-order valence-corrected chi connectivity index (χ2v) is 7.05. The predicted octanol–water partition coefficient (Wildman–Crippen LogP) is 4.10. The van der Waals surface area contributed by atoms with Crippen molar-refractivity contribution in [3.05, 3.63) is 53.3 Å². The van der Waals surface area contributed by atoms with Crippen molar-refractivity contribution in [3.63, 3.8) is 0 Å². The molecule has 134 valence electrons. The molecular formula is C20H19ClFN3O. The second kappa shape index (κ2) is 6.72. The lowest BCUT2D eigenvalue weighted by Crippen LogP contribution is -2.52. The van der Waals surface area contributed by atoms with Gasteiger partial charge in [-0.3, -0.25) is 9.78 Å². The van der Waals surface area contributed by atoms with Gasteiger partial charge in [0.05, 0.1) is 23.6 Å². The Labute approximate surface area is 156 Å². The summed E-state index contributed by atoms with van der Waals surface area (Å²) in [6, 6.07) is 10.3. The Hall–Kier alpha value is -2.40. The highest BCUT2D eigenvalue weighted by Gasteiger charge is 2.30. The van der Waals surface area contributed by atoms with Crippen molar-refractivity contribution >= 4 is 28.5 Å². The molecule has 0 spiro atoms. The van der Waals surface area contributed by atoms with Crippen LogP contribution in [0.2, 0.25) is 5.02 Å². The number of carbonyl (C=O) groups excluding carboxylic acids is 1. The Morgan fingerprint density at radius 1 is 1.31 bits per heavy atom. The predicted molar refractivity (Wildman–Crippen MR) is 101 cm³/mol. The average Bonchev–Trinajstić information content (AvgIpc) is 2.94. The Bertz CT molecular complexity index is 978. The smallest absolute Gasteiger partial charge is 0.242 e. The molecule has 1 amide bonds. The summed E-state index contributed by atoms with van der Waals surface area (Å²) in [5, 5.41) is 0.508. The number of fused-ring (bicyclic) bond motifs is 1. The summed E-state index contributed by atoms with van der Waals surface area (Å²) in [7, 11) is 0. The molecule has 26 heavy (non-hydrogen) atoms. The minimum absolute atomic E-state index is 0.106. The molecule has 0 aliphatic carbocycles. The fourth-order valence-corrected chi connectivity index (χ4v) is 3.52. The number of benzene rings is 1. The molecule has 0 unspecified atom stereocenters. The number of rotatable bonds is 4. The normalized spacial score (nSPS) is 14.7. The van der Waals surface area contributed by atoms with Crippen LogP contribution in [0, 0.1) is 0 Å². The zero-order valence-corrected chi connectivity index (χ0v) is 15.2. The van der Waals surface area contributed by atoms with Crippen LogP contribution in [-0.2, 0) is 17.8 Å². The molecule has 2 aromatic heterocycles. The van der Waals surface area contributed by atoms with Gasteiger partial charge in [0.25, 0.3) is 0 Å². The lowest BCUT2D eigenvalue weighted by atomic mass is 10.0. The van der Waals surface area contributed by atoms with Gasteiger partial charge in [0, 0.05) is 18.0 Å². The summed E-state index contributed by atoms with van der Waals surface area (Å²) < 4.78 is 14.8. The number of alkyl halides is 1. The van der Waals surface area contributed by atoms with E-state index in [-0.39, 0.29) is 25.5 Å². The molecule has 4 nitrogen and oxygen atoms in total. The Kier molecular flexibility index (Phi) is 4.41. The number of aromatic nitrogens is 2. The van der Waals surface area contributed by atoms with Gasteiger partial charge in [-0.25, -0.2) is 4.39 Å². The number of pyridine rings is 1. The van der Waals surface area contributed by atoms with Crippen LogP contribution in [0.4, 0.5) is 4.39 Å². The highest BCUT2D eigenvalue weighted by atomic mass is 35.5. The molecule has 3 heterocycles. The first-order chi connectivity index (χ1) is 12.5. The monoisotopic (exact) mass is 371 g/mol. The third-order valence-corrected chi connectivity index (χ3v) is 5.11. The van der Waals surface area contributed by atoms with Crippen molar-refractivity contribution in [1.29, 1.82) is 0 Å². The Balaban J connectivity index is 1.69. The summed E-state index contributed by atoms with van der Waals surface area (Å²) in [5.74, 6) is -0.106. The third kappa shape index (κ3) is 3.07. The van der Waals surface area contributed by atoms with Gasteiger partial charge < -0.3 is 9.47 Å². The zero-order valence-electron chi connectivity index (χ0n) is 14.5. The molecule has 4 rings (SSSR count). The molecule has 0 saturated carbocycles. The van der Waals surface area contributed by atoms with Crippen LogP contribution in [0.25, 0.3) is 22.2 Å².